The number of nitrogens with one attached hydrogen (secondary N) is 3. The molecule has 0 unspecified atom stereocenters. The van der Waals surface area contributed by atoms with Gasteiger partial charge in [-0.2, -0.15) is 15.0 Å². The van der Waals surface area contributed by atoms with Gasteiger partial charge in [-0.1, -0.05) is 23.2 Å². The molecule has 50 heavy (non-hydrogen) atoms. The number of hydrogen-bond donors (Lipinski definition) is 3. The number of aryl methyl sites for hydroxylation is 1. The fourth-order valence-corrected chi connectivity index (χ4v) is 6.65. The maximum atomic E-state index is 13.2. The van der Waals surface area contributed by atoms with Crippen LogP contribution in [0.2, 0.25) is 15.3 Å². The van der Waals surface area contributed by atoms with Crippen molar-refractivity contribution in [1.29, 1.82) is 0 Å². The van der Waals surface area contributed by atoms with Gasteiger partial charge in [0.05, 0.1) is 36.1 Å². The fraction of sp³-hybridized carbons (Fsp3) is 0.0400. The summed E-state index contributed by atoms with van der Waals surface area (Å²) >= 11 is 18.1. The summed E-state index contributed by atoms with van der Waals surface area (Å²) in [6, 6.07) is 9.53. The van der Waals surface area contributed by atoms with Gasteiger partial charge in [0.25, 0.3) is 5.56 Å². The average Bonchev–Trinajstić information content (AvgIpc) is 3.27. The van der Waals surface area contributed by atoms with Crippen molar-refractivity contribution < 1.29 is 38.9 Å². The van der Waals surface area contributed by atoms with Crippen LogP contribution in [0.4, 0.5) is 34.6 Å². The zero-order chi connectivity index (χ0) is 36.8. The standard InChI is InChI=1S/C25H18Cl3N9O10S3/c1-11-21(22(38)37(36-11)18-9-16(27)20(10-15(18)26)50(45,46)47)35-34-17-8-13(4-7-19(17)49(42,43)44)30-25-32-23(28)31-24(33-25)29-12-2-5-14(6-3-12)48(39,40)41/h2-10,36H,1H3,(H,39,40,41)(H,42,43,44)(H,45,46,47)(H2,29,30,31,32,33)/p-3. The maximum Gasteiger partial charge on any atom is 0.299 e. The molecule has 0 radical (unpaired) electrons. The summed E-state index contributed by atoms with van der Waals surface area (Å²) in [6.07, 6.45) is 0. The van der Waals surface area contributed by atoms with Gasteiger partial charge < -0.3 is 24.3 Å². The van der Waals surface area contributed by atoms with Crippen LogP contribution in [0.15, 0.2) is 84.3 Å². The molecular formula is C25H15Cl3N9O10S3-3. The zero-order valence-corrected chi connectivity index (χ0v) is 29.0. The van der Waals surface area contributed by atoms with Crippen molar-refractivity contribution in [2.75, 3.05) is 10.6 Å². The lowest BCUT2D eigenvalue weighted by Crippen LogP contribution is -2.15. The van der Waals surface area contributed by atoms with E-state index >= 15 is 0 Å². The Kier molecular flexibility index (Phi) is 10.0. The Labute approximate surface area is 296 Å². The molecule has 262 valence electrons. The van der Waals surface area contributed by atoms with Gasteiger partial charge in [0.2, 0.25) is 17.2 Å². The molecule has 0 amide bonds. The predicted octanol–water partition coefficient (Wildman–Crippen LogP) is 4.23. The predicted molar refractivity (Wildman–Crippen MR) is 173 cm³/mol. The Bertz CT molecular complexity index is 2600. The minimum Gasteiger partial charge on any atom is -0.744 e. The van der Waals surface area contributed by atoms with Crippen LogP contribution in [-0.2, 0) is 30.4 Å². The summed E-state index contributed by atoms with van der Waals surface area (Å²) in [5, 5.41) is 14.5. The smallest absolute Gasteiger partial charge is 0.299 e. The van der Waals surface area contributed by atoms with Gasteiger partial charge in [-0.05, 0) is 73.1 Å². The minimum absolute atomic E-state index is 0.0580. The number of benzene rings is 3. The SMILES string of the molecule is Cc1[nH]n(-c2cc(Cl)c(S(=O)(=O)[O-])cc2Cl)c(=O)c1N=Nc1cc(Nc2nc(Cl)nc(Nc3ccc(S(=O)(=O)[O-])cc3)n2)ccc1S(=O)(=O)[O-]. The Balaban J connectivity index is 1.46. The summed E-state index contributed by atoms with van der Waals surface area (Å²) in [4.78, 5) is 23.1. The van der Waals surface area contributed by atoms with Gasteiger partial charge in [-0.15, -0.1) is 10.2 Å². The molecule has 0 fully saturated rings. The third-order valence-corrected chi connectivity index (χ3v) is 9.81. The summed E-state index contributed by atoms with van der Waals surface area (Å²) in [6.45, 7) is 1.39. The molecule has 2 aromatic heterocycles. The van der Waals surface area contributed by atoms with E-state index in [0.29, 0.717) is 0 Å². The molecule has 0 atom stereocenters. The van der Waals surface area contributed by atoms with Gasteiger partial charge in [-0.3, -0.25) is 9.89 Å². The first kappa shape index (κ1) is 36.8. The minimum atomic E-state index is -5.13. The van der Waals surface area contributed by atoms with E-state index in [9.17, 15) is 43.7 Å². The number of halogens is 3. The molecule has 5 rings (SSSR count). The second-order valence-corrected chi connectivity index (χ2v) is 15.0. The monoisotopic (exact) mass is 802 g/mol. The number of rotatable bonds is 10. The molecule has 19 nitrogen and oxygen atoms in total. The lowest BCUT2D eigenvalue weighted by Gasteiger charge is -2.12. The largest absolute Gasteiger partial charge is 0.744 e. The van der Waals surface area contributed by atoms with Crippen LogP contribution >= 0.6 is 34.8 Å². The Morgan fingerprint density at radius 3 is 1.88 bits per heavy atom. The maximum absolute atomic E-state index is 13.2. The zero-order valence-electron chi connectivity index (χ0n) is 24.3. The lowest BCUT2D eigenvalue weighted by atomic mass is 10.3. The van der Waals surface area contributed by atoms with Crippen molar-refractivity contribution in [3.63, 3.8) is 0 Å². The topological polar surface area (TPSA) is 297 Å². The second kappa shape index (κ2) is 13.7. The molecular weight excluding hydrogens is 789 g/mol. The summed E-state index contributed by atoms with van der Waals surface area (Å²) in [5.41, 5.74) is -1.58. The normalized spacial score (nSPS) is 12.4. The Morgan fingerprint density at radius 1 is 0.720 bits per heavy atom. The number of azo groups is 1. The fourth-order valence-electron chi connectivity index (χ4n) is 4.12. The van der Waals surface area contributed by atoms with E-state index in [2.05, 4.69) is 40.9 Å². The van der Waals surface area contributed by atoms with E-state index in [1.807, 2.05) is 0 Å². The first-order chi connectivity index (χ1) is 23.2. The van der Waals surface area contributed by atoms with Crippen LogP contribution in [-0.4, -0.2) is 63.6 Å². The van der Waals surface area contributed by atoms with Crippen LogP contribution in [0.3, 0.4) is 0 Å². The van der Waals surface area contributed by atoms with E-state index in [4.69, 9.17) is 34.8 Å². The number of hydrogen-bond acceptors (Lipinski definition) is 17. The van der Waals surface area contributed by atoms with E-state index in [1.54, 1.807) is 0 Å². The average molecular weight is 804 g/mol. The van der Waals surface area contributed by atoms with Gasteiger partial charge in [0.1, 0.15) is 36.0 Å². The molecule has 0 bridgehead atoms. The third kappa shape index (κ3) is 8.26. The number of aromatic nitrogens is 5. The van der Waals surface area contributed by atoms with Crippen LogP contribution in [0, 0.1) is 6.92 Å². The number of H-pyrrole nitrogens is 1. The number of aromatic amines is 1. The van der Waals surface area contributed by atoms with Crippen molar-refractivity contribution >= 4 is 99.8 Å². The first-order valence-corrected chi connectivity index (χ1v) is 18.4. The van der Waals surface area contributed by atoms with E-state index in [-0.39, 0.29) is 50.6 Å². The van der Waals surface area contributed by atoms with Crippen molar-refractivity contribution in [1.82, 2.24) is 24.7 Å². The van der Waals surface area contributed by atoms with Crippen LogP contribution in [0.1, 0.15) is 5.69 Å². The molecule has 0 saturated heterocycles. The van der Waals surface area contributed by atoms with Gasteiger partial charge in [0.15, 0.2) is 5.69 Å². The molecule has 3 N–H and O–H groups in total. The molecule has 0 saturated carbocycles. The third-order valence-electron chi connectivity index (χ3n) is 6.30. The highest BCUT2D eigenvalue weighted by molar-refractivity contribution is 7.86. The van der Waals surface area contributed by atoms with Crippen molar-refractivity contribution in [2.45, 2.75) is 21.6 Å². The highest BCUT2D eigenvalue weighted by Crippen LogP contribution is 2.33. The van der Waals surface area contributed by atoms with Gasteiger partial charge in [-0.25, -0.2) is 29.9 Å². The molecule has 0 spiro atoms. The Morgan fingerprint density at radius 2 is 1.30 bits per heavy atom. The molecule has 3 aromatic carbocycles. The van der Waals surface area contributed by atoms with Crippen molar-refractivity contribution in [3.8, 4) is 5.69 Å². The Hall–Kier alpha value is -4.52. The number of anilines is 4. The van der Waals surface area contributed by atoms with E-state index in [1.165, 1.54) is 25.1 Å². The van der Waals surface area contributed by atoms with E-state index < -0.39 is 61.3 Å². The van der Waals surface area contributed by atoms with Crippen LogP contribution < -0.4 is 16.2 Å². The van der Waals surface area contributed by atoms with Crippen LogP contribution in [0.5, 0.6) is 0 Å². The summed E-state index contributed by atoms with van der Waals surface area (Å²) in [5.74, 6) is -0.323. The van der Waals surface area contributed by atoms with Crippen molar-refractivity contribution in [3.05, 3.63) is 86.0 Å². The number of nitrogens with zero attached hydrogens (tertiary/aromatic N) is 6. The molecule has 0 aliphatic carbocycles. The quantitative estimate of drug-likeness (QED) is 0.131. The molecule has 0 aliphatic rings. The summed E-state index contributed by atoms with van der Waals surface area (Å²) in [7, 11) is -14.8. The van der Waals surface area contributed by atoms with Crippen molar-refractivity contribution in [2.24, 2.45) is 10.2 Å². The molecule has 2 heterocycles. The highest BCUT2D eigenvalue weighted by atomic mass is 35.5. The van der Waals surface area contributed by atoms with E-state index in [0.717, 1.165) is 41.1 Å². The second-order valence-electron chi connectivity index (χ2n) is 9.73. The van der Waals surface area contributed by atoms with Gasteiger partial charge >= 0.3 is 0 Å². The summed E-state index contributed by atoms with van der Waals surface area (Å²) < 4.78 is 105. The molecule has 0 aliphatic heterocycles. The van der Waals surface area contributed by atoms with Crippen LogP contribution in [0.25, 0.3) is 5.69 Å². The lowest BCUT2D eigenvalue weighted by molar-refractivity contribution is 0.461. The molecule has 25 heteroatoms. The first-order valence-electron chi connectivity index (χ1n) is 13.0. The highest BCUT2D eigenvalue weighted by Gasteiger charge is 2.19. The molecule has 5 aromatic rings. The van der Waals surface area contributed by atoms with Gasteiger partial charge in [0, 0.05) is 11.4 Å².